The van der Waals surface area contributed by atoms with Crippen LogP contribution >= 0.6 is 0 Å². The molecule has 8 nitrogen and oxygen atoms in total. The summed E-state index contributed by atoms with van der Waals surface area (Å²) in [5.74, 6) is 0. The maximum absolute atomic E-state index is 11.1. The molecule has 1 aromatic heterocycles. The fourth-order valence-corrected chi connectivity index (χ4v) is 2.23. The summed E-state index contributed by atoms with van der Waals surface area (Å²) in [6, 6.07) is 6.15. The second-order valence-electron chi connectivity index (χ2n) is 4.47. The summed E-state index contributed by atoms with van der Waals surface area (Å²) in [6.45, 7) is 1.20. The fourth-order valence-electron chi connectivity index (χ4n) is 1.72. The second-order valence-corrected chi connectivity index (χ2v) is 6.03. The fraction of sp³-hybridized carbons (Fsp3) is 0.333. The average molecular weight is 311 g/mol. The summed E-state index contributed by atoms with van der Waals surface area (Å²) >= 11 is 0. The number of nitrogens with two attached hydrogens (primary N) is 1. The van der Waals surface area contributed by atoms with Gasteiger partial charge in [-0.3, -0.25) is 4.68 Å². The van der Waals surface area contributed by atoms with Gasteiger partial charge < -0.3 is 10.4 Å². The van der Waals surface area contributed by atoms with Crippen molar-refractivity contribution in [3.05, 3.63) is 36.2 Å². The van der Waals surface area contributed by atoms with Crippen LogP contribution in [0, 0.1) is 0 Å². The highest BCUT2D eigenvalue weighted by Crippen LogP contribution is 2.13. The van der Waals surface area contributed by atoms with Crippen LogP contribution in [0.4, 0.5) is 5.69 Å². The van der Waals surface area contributed by atoms with Crippen LogP contribution in [0.2, 0.25) is 0 Å². The Morgan fingerprint density at radius 3 is 2.62 bits per heavy atom. The zero-order valence-electron chi connectivity index (χ0n) is 11.3. The summed E-state index contributed by atoms with van der Waals surface area (Å²) in [6.07, 6.45) is 2.42. The maximum atomic E-state index is 11.1. The maximum Gasteiger partial charge on any atom is 0.238 e. The highest BCUT2D eigenvalue weighted by molar-refractivity contribution is 7.89. The number of sulfonamides is 1. The Balaban J connectivity index is 1.92. The van der Waals surface area contributed by atoms with Gasteiger partial charge >= 0.3 is 0 Å². The van der Waals surface area contributed by atoms with Gasteiger partial charge in [-0.1, -0.05) is 5.21 Å². The van der Waals surface area contributed by atoms with Gasteiger partial charge in [-0.2, -0.15) is 0 Å². The van der Waals surface area contributed by atoms with Crippen LogP contribution in [0.25, 0.3) is 0 Å². The van der Waals surface area contributed by atoms with Crippen molar-refractivity contribution < 1.29 is 13.5 Å². The molecule has 0 spiro atoms. The van der Waals surface area contributed by atoms with Crippen molar-refractivity contribution in [2.24, 2.45) is 5.14 Å². The van der Waals surface area contributed by atoms with E-state index in [0.29, 0.717) is 19.5 Å². The van der Waals surface area contributed by atoms with Gasteiger partial charge in [0.15, 0.2) is 0 Å². The minimum atomic E-state index is -3.67. The Morgan fingerprint density at radius 1 is 1.29 bits per heavy atom. The molecule has 2 rings (SSSR count). The molecule has 0 saturated carbocycles. The molecule has 0 fully saturated rings. The van der Waals surface area contributed by atoms with E-state index in [9.17, 15) is 8.42 Å². The summed E-state index contributed by atoms with van der Waals surface area (Å²) < 4.78 is 23.9. The number of aromatic nitrogens is 3. The standard InChI is InChI=1S/C12H17N5O3S/c13-21(19,20)12-4-2-10(3-5-12)14-8-11-9-17(16-15-11)6-1-7-18/h2-5,9,14,18H,1,6-8H2,(H2,13,19,20). The van der Waals surface area contributed by atoms with Gasteiger partial charge in [0.05, 0.1) is 17.6 Å². The minimum Gasteiger partial charge on any atom is -0.396 e. The molecule has 0 saturated heterocycles. The van der Waals surface area contributed by atoms with Gasteiger partial charge in [0.25, 0.3) is 0 Å². The lowest BCUT2D eigenvalue weighted by atomic mass is 10.3. The molecular weight excluding hydrogens is 294 g/mol. The van der Waals surface area contributed by atoms with E-state index in [-0.39, 0.29) is 11.5 Å². The molecule has 0 atom stereocenters. The van der Waals surface area contributed by atoms with E-state index in [2.05, 4.69) is 15.6 Å². The molecule has 4 N–H and O–H groups in total. The molecule has 2 aromatic rings. The van der Waals surface area contributed by atoms with Crippen molar-refractivity contribution >= 4 is 15.7 Å². The Bertz CT molecular complexity index is 681. The summed E-state index contributed by atoms with van der Waals surface area (Å²) in [5.41, 5.74) is 1.51. The molecule has 0 aliphatic heterocycles. The number of anilines is 1. The number of aliphatic hydroxyl groups excluding tert-OH is 1. The predicted octanol–water partition coefficient (Wildman–Crippen LogP) is -0.0800. The molecule has 114 valence electrons. The monoisotopic (exact) mass is 311 g/mol. The van der Waals surface area contributed by atoms with Gasteiger partial charge in [-0.15, -0.1) is 5.10 Å². The van der Waals surface area contributed by atoms with E-state index in [4.69, 9.17) is 10.2 Å². The number of nitrogens with zero attached hydrogens (tertiary/aromatic N) is 3. The number of benzene rings is 1. The van der Waals surface area contributed by atoms with Crippen molar-refractivity contribution in [2.45, 2.75) is 24.4 Å². The molecule has 21 heavy (non-hydrogen) atoms. The highest BCUT2D eigenvalue weighted by Gasteiger charge is 2.07. The number of hydrogen-bond acceptors (Lipinski definition) is 6. The first-order chi connectivity index (χ1) is 9.99. The van der Waals surface area contributed by atoms with Gasteiger partial charge in [0, 0.05) is 18.8 Å². The van der Waals surface area contributed by atoms with Crippen LogP contribution in [0.3, 0.4) is 0 Å². The summed E-state index contributed by atoms with van der Waals surface area (Å²) in [4.78, 5) is 0.0722. The normalized spacial score (nSPS) is 11.5. The Hall–Kier alpha value is -1.97. The Labute approximate surface area is 122 Å². The lowest BCUT2D eigenvalue weighted by Gasteiger charge is -2.04. The molecule has 0 aliphatic carbocycles. The minimum absolute atomic E-state index is 0.0722. The third-order valence-corrected chi connectivity index (χ3v) is 3.72. The zero-order chi connectivity index (χ0) is 15.3. The lowest BCUT2D eigenvalue weighted by molar-refractivity contribution is 0.276. The van der Waals surface area contributed by atoms with Crippen molar-refractivity contribution in [3.63, 3.8) is 0 Å². The lowest BCUT2D eigenvalue weighted by Crippen LogP contribution is -2.12. The number of rotatable bonds is 7. The van der Waals surface area contributed by atoms with Gasteiger partial charge in [-0.25, -0.2) is 13.6 Å². The van der Waals surface area contributed by atoms with Crippen molar-refractivity contribution in [3.8, 4) is 0 Å². The van der Waals surface area contributed by atoms with Crippen LogP contribution in [0.15, 0.2) is 35.4 Å². The molecule has 0 radical (unpaired) electrons. The van der Waals surface area contributed by atoms with Gasteiger partial charge in [0.2, 0.25) is 10.0 Å². The number of hydrogen-bond donors (Lipinski definition) is 3. The van der Waals surface area contributed by atoms with E-state index in [1.807, 2.05) is 0 Å². The van der Waals surface area contributed by atoms with Gasteiger partial charge in [-0.05, 0) is 30.7 Å². The number of nitrogens with one attached hydrogen (secondary N) is 1. The third kappa shape index (κ3) is 4.52. The molecule has 1 aromatic carbocycles. The van der Waals surface area contributed by atoms with Crippen molar-refractivity contribution in [1.82, 2.24) is 15.0 Å². The topological polar surface area (TPSA) is 123 Å². The van der Waals surface area contributed by atoms with Gasteiger partial charge in [0.1, 0.15) is 5.69 Å². The third-order valence-electron chi connectivity index (χ3n) is 2.79. The number of aryl methyl sites for hydroxylation is 1. The number of aliphatic hydroxyl groups is 1. The summed E-state index contributed by atoms with van der Waals surface area (Å²) in [7, 11) is -3.67. The van der Waals surface area contributed by atoms with Crippen LogP contribution in [0.1, 0.15) is 12.1 Å². The average Bonchev–Trinajstić information content (AvgIpc) is 2.90. The molecule has 1 heterocycles. The van der Waals surface area contributed by atoms with Crippen LogP contribution in [-0.2, 0) is 23.1 Å². The zero-order valence-corrected chi connectivity index (χ0v) is 12.1. The van der Waals surface area contributed by atoms with Crippen LogP contribution in [-0.4, -0.2) is 35.1 Å². The first-order valence-electron chi connectivity index (χ1n) is 6.35. The largest absolute Gasteiger partial charge is 0.396 e. The predicted molar refractivity (Wildman–Crippen MR) is 76.9 cm³/mol. The smallest absolute Gasteiger partial charge is 0.238 e. The first-order valence-corrected chi connectivity index (χ1v) is 7.90. The van der Waals surface area contributed by atoms with Crippen LogP contribution in [0.5, 0.6) is 0 Å². The SMILES string of the molecule is NS(=O)(=O)c1ccc(NCc2cn(CCCO)nn2)cc1. The van der Waals surface area contributed by atoms with Crippen LogP contribution < -0.4 is 10.5 Å². The molecular formula is C12H17N5O3S. The van der Waals surface area contributed by atoms with E-state index in [1.165, 1.54) is 12.1 Å². The molecule has 0 unspecified atom stereocenters. The molecule has 0 amide bonds. The first kappa shape index (κ1) is 15.4. The van der Waals surface area contributed by atoms with E-state index in [0.717, 1.165) is 11.4 Å². The molecule has 0 aliphatic rings. The van der Waals surface area contributed by atoms with E-state index < -0.39 is 10.0 Å². The number of primary sulfonamides is 1. The molecule has 0 bridgehead atoms. The Kier molecular flexibility index (Phi) is 4.89. The molecule has 9 heteroatoms. The van der Waals surface area contributed by atoms with E-state index >= 15 is 0 Å². The van der Waals surface area contributed by atoms with Crippen molar-refractivity contribution in [2.75, 3.05) is 11.9 Å². The second kappa shape index (κ2) is 6.66. The van der Waals surface area contributed by atoms with Crippen molar-refractivity contribution in [1.29, 1.82) is 0 Å². The summed E-state index contributed by atoms with van der Waals surface area (Å²) in [5, 5.41) is 24.8. The van der Waals surface area contributed by atoms with E-state index in [1.54, 1.807) is 23.0 Å². The quantitative estimate of drug-likeness (QED) is 0.657. The highest BCUT2D eigenvalue weighted by atomic mass is 32.2. The Morgan fingerprint density at radius 2 is 2.00 bits per heavy atom.